The number of hydrogen-bond acceptors (Lipinski definition) is 3. The lowest BCUT2D eigenvalue weighted by Gasteiger charge is -2.23. The number of nitrogens with two attached hydrogens (primary N) is 1. The fraction of sp³-hybridized carbons (Fsp3) is 0.462. The van der Waals surface area contributed by atoms with Gasteiger partial charge in [0, 0.05) is 30.5 Å². The Morgan fingerprint density at radius 1 is 1.56 bits per heavy atom. The highest BCUT2D eigenvalue weighted by atomic mass is 19.1. The van der Waals surface area contributed by atoms with Crippen molar-refractivity contribution in [3.63, 3.8) is 0 Å². The second kappa shape index (κ2) is 4.94. The van der Waals surface area contributed by atoms with Gasteiger partial charge in [-0.15, -0.1) is 0 Å². The minimum atomic E-state index is -0.450. The first-order valence-corrected chi connectivity index (χ1v) is 5.91. The molecule has 1 heterocycles. The molecule has 0 bridgehead atoms. The van der Waals surface area contributed by atoms with E-state index in [1.54, 1.807) is 18.9 Å². The molecule has 1 aliphatic rings. The summed E-state index contributed by atoms with van der Waals surface area (Å²) >= 11 is 0. The van der Waals surface area contributed by atoms with E-state index >= 15 is 0 Å². The Labute approximate surface area is 106 Å². The van der Waals surface area contributed by atoms with Crippen LogP contribution in [0, 0.1) is 12.7 Å². The van der Waals surface area contributed by atoms with Gasteiger partial charge in [-0.2, -0.15) is 0 Å². The Kier molecular flexibility index (Phi) is 3.52. The molecule has 1 amide bonds. The maximum Gasteiger partial charge on any atom is 0.254 e. The Hall–Kier alpha value is -1.62. The molecule has 0 spiro atoms. The highest BCUT2D eigenvalue weighted by molar-refractivity contribution is 5.95. The molecule has 1 aromatic rings. The van der Waals surface area contributed by atoms with Gasteiger partial charge in [0.25, 0.3) is 5.91 Å². The molecule has 5 heteroatoms. The van der Waals surface area contributed by atoms with Crippen molar-refractivity contribution in [1.29, 1.82) is 0 Å². The summed E-state index contributed by atoms with van der Waals surface area (Å²) in [5.41, 5.74) is 6.63. The van der Waals surface area contributed by atoms with Gasteiger partial charge in [0.2, 0.25) is 0 Å². The smallest absolute Gasteiger partial charge is 0.254 e. The van der Waals surface area contributed by atoms with Crippen LogP contribution in [0.3, 0.4) is 0 Å². The summed E-state index contributed by atoms with van der Waals surface area (Å²) < 4.78 is 18.8. The van der Waals surface area contributed by atoms with Gasteiger partial charge in [0.05, 0.1) is 12.6 Å². The van der Waals surface area contributed by atoms with Gasteiger partial charge in [-0.1, -0.05) is 0 Å². The number of amides is 1. The molecule has 1 atom stereocenters. The number of benzene rings is 1. The number of rotatable bonds is 2. The molecule has 18 heavy (non-hydrogen) atoms. The lowest BCUT2D eigenvalue weighted by molar-refractivity contribution is 0.0711. The summed E-state index contributed by atoms with van der Waals surface area (Å²) in [6.07, 6.45) is 0.812. The zero-order valence-electron chi connectivity index (χ0n) is 10.6. The number of likely N-dealkylation sites (N-methyl/N-ethyl adjacent to an activating group) is 1. The molecule has 1 fully saturated rings. The predicted molar refractivity (Wildman–Crippen MR) is 66.9 cm³/mol. The van der Waals surface area contributed by atoms with Crippen LogP contribution in [-0.2, 0) is 4.74 Å². The summed E-state index contributed by atoms with van der Waals surface area (Å²) in [7, 11) is 1.70. The first-order valence-electron chi connectivity index (χ1n) is 5.91. The molecule has 0 aromatic heterocycles. The summed E-state index contributed by atoms with van der Waals surface area (Å²) in [5, 5.41) is 0. The van der Waals surface area contributed by atoms with Gasteiger partial charge < -0.3 is 15.4 Å². The van der Waals surface area contributed by atoms with E-state index in [0.29, 0.717) is 24.5 Å². The number of carbonyl (C=O) groups is 1. The third-order valence-electron chi connectivity index (χ3n) is 3.41. The van der Waals surface area contributed by atoms with Crippen LogP contribution in [-0.4, -0.2) is 37.1 Å². The average molecular weight is 252 g/mol. The molecular formula is C13H17FN2O2. The van der Waals surface area contributed by atoms with Crippen molar-refractivity contribution in [3.05, 3.63) is 29.1 Å². The second-order valence-electron chi connectivity index (χ2n) is 4.61. The van der Waals surface area contributed by atoms with Crippen LogP contribution >= 0.6 is 0 Å². The van der Waals surface area contributed by atoms with Crippen LogP contribution in [0.25, 0.3) is 0 Å². The summed E-state index contributed by atoms with van der Waals surface area (Å²) in [6.45, 7) is 2.78. The van der Waals surface area contributed by atoms with Crippen LogP contribution in [0.2, 0.25) is 0 Å². The van der Waals surface area contributed by atoms with Crippen LogP contribution in [0.4, 0.5) is 10.1 Å². The Bertz CT molecular complexity index is 447. The molecule has 1 unspecified atom stereocenters. The van der Waals surface area contributed by atoms with Crippen molar-refractivity contribution in [1.82, 2.24) is 4.90 Å². The number of ether oxygens (including phenoxy) is 1. The SMILES string of the molecule is Cc1c(N)cc(C(=O)N(C)C2CCOC2)cc1F. The van der Waals surface area contributed by atoms with E-state index in [0.717, 1.165) is 6.42 Å². The van der Waals surface area contributed by atoms with Gasteiger partial charge in [-0.3, -0.25) is 4.79 Å². The topological polar surface area (TPSA) is 55.6 Å². The number of nitrogen functional groups attached to an aromatic ring is 1. The number of nitrogens with zero attached hydrogens (tertiary/aromatic N) is 1. The zero-order chi connectivity index (χ0) is 13.3. The Morgan fingerprint density at radius 3 is 2.83 bits per heavy atom. The predicted octanol–water partition coefficient (Wildman–Crippen LogP) is 1.58. The molecular weight excluding hydrogens is 235 g/mol. The van der Waals surface area contributed by atoms with E-state index < -0.39 is 5.82 Å². The van der Waals surface area contributed by atoms with Gasteiger partial charge in [0.1, 0.15) is 5.82 Å². The zero-order valence-corrected chi connectivity index (χ0v) is 10.6. The number of hydrogen-bond donors (Lipinski definition) is 1. The fourth-order valence-corrected chi connectivity index (χ4v) is 2.02. The van der Waals surface area contributed by atoms with Crippen molar-refractivity contribution in [2.45, 2.75) is 19.4 Å². The summed E-state index contributed by atoms with van der Waals surface area (Å²) in [4.78, 5) is 13.8. The van der Waals surface area contributed by atoms with Crippen molar-refractivity contribution in [2.75, 3.05) is 26.0 Å². The molecule has 2 N–H and O–H groups in total. The van der Waals surface area contributed by atoms with Crippen molar-refractivity contribution in [3.8, 4) is 0 Å². The van der Waals surface area contributed by atoms with E-state index in [2.05, 4.69) is 0 Å². The molecule has 1 aromatic carbocycles. The van der Waals surface area contributed by atoms with E-state index in [-0.39, 0.29) is 17.5 Å². The minimum Gasteiger partial charge on any atom is -0.398 e. The number of halogens is 1. The van der Waals surface area contributed by atoms with E-state index in [1.807, 2.05) is 0 Å². The van der Waals surface area contributed by atoms with Crippen LogP contribution in [0.5, 0.6) is 0 Å². The van der Waals surface area contributed by atoms with E-state index in [1.165, 1.54) is 12.1 Å². The quantitative estimate of drug-likeness (QED) is 0.813. The minimum absolute atomic E-state index is 0.0584. The maximum atomic E-state index is 13.6. The van der Waals surface area contributed by atoms with E-state index in [4.69, 9.17) is 10.5 Å². The first-order chi connectivity index (χ1) is 8.50. The highest BCUT2D eigenvalue weighted by Gasteiger charge is 2.25. The molecule has 98 valence electrons. The normalized spacial score (nSPS) is 18.9. The van der Waals surface area contributed by atoms with Crippen molar-refractivity contribution in [2.24, 2.45) is 0 Å². The molecule has 4 nitrogen and oxygen atoms in total. The van der Waals surface area contributed by atoms with Crippen LogP contribution in [0.15, 0.2) is 12.1 Å². The fourth-order valence-electron chi connectivity index (χ4n) is 2.02. The lowest BCUT2D eigenvalue weighted by Crippen LogP contribution is -2.37. The van der Waals surface area contributed by atoms with Gasteiger partial charge in [-0.05, 0) is 25.5 Å². The molecule has 0 saturated carbocycles. The van der Waals surface area contributed by atoms with Crippen LogP contribution < -0.4 is 5.73 Å². The molecule has 1 saturated heterocycles. The Balaban J connectivity index is 2.22. The van der Waals surface area contributed by atoms with Crippen molar-refractivity contribution >= 4 is 11.6 Å². The van der Waals surface area contributed by atoms with E-state index in [9.17, 15) is 9.18 Å². The monoisotopic (exact) mass is 252 g/mol. The summed E-state index contributed by atoms with van der Waals surface area (Å²) in [5.74, 6) is -0.675. The summed E-state index contributed by atoms with van der Waals surface area (Å²) in [6, 6.07) is 2.82. The number of carbonyl (C=O) groups excluding carboxylic acids is 1. The third kappa shape index (κ3) is 2.31. The second-order valence-corrected chi connectivity index (χ2v) is 4.61. The largest absolute Gasteiger partial charge is 0.398 e. The Morgan fingerprint density at radius 2 is 2.28 bits per heavy atom. The van der Waals surface area contributed by atoms with Gasteiger partial charge >= 0.3 is 0 Å². The van der Waals surface area contributed by atoms with Gasteiger partial charge in [-0.25, -0.2) is 4.39 Å². The molecule has 2 rings (SSSR count). The number of anilines is 1. The molecule has 0 aliphatic carbocycles. The van der Waals surface area contributed by atoms with Crippen molar-refractivity contribution < 1.29 is 13.9 Å². The highest BCUT2D eigenvalue weighted by Crippen LogP contribution is 2.20. The van der Waals surface area contributed by atoms with Crippen LogP contribution in [0.1, 0.15) is 22.3 Å². The standard InChI is InChI=1S/C13H17FN2O2/c1-8-11(14)5-9(6-12(8)15)13(17)16(2)10-3-4-18-7-10/h5-6,10H,3-4,7,15H2,1-2H3. The van der Waals surface area contributed by atoms with Gasteiger partial charge in [0.15, 0.2) is 0 Å². The molecule has 1 aliphatic heterocycles. The lowest BCUT2D eigenvalue weighted by atomic mass is 10.1. The molecule has 0 radical (unpaired) electrons. The first kappa shape index (κ1) is 12.8. The average Bonchev–Trinajstić information content (AvgIpc) is 2.87. The maximum absolute atomic E-state index is 13.6. The third-order valence-corrected chi connectivity index (χ3v) is 3.41.